The summed E-state index contributed by atoms with van der Waals surface area (Å²) in [5.74, 6) is 0.512. The Balaban J connectivity index is 3.49. The highest BCUT2D eigenvalue weighted by atomic mass is 16.6. The Morgan fingerprint density at radius 2 is 2.20 bits per heavy atom. The van der Waals surface area contributed by atoms with E-state index < -0.39 is 0 Å². The van der Waals surface area contributed by atoms with Crippen LogP contribution < -0.4 is 5.48 Å². The van der Waals surface area contributed by atoms with Crippen LogP contribution in [0.2, 0.25) is 0 Å². The molecule has 3 nitrogen and oxygen atoms in total. The Bertz CT molecular complexity index is 93.6. The van der Waals surface area contributed by atoms with E-state index in [1.54, 1.807) is 0 Å². The molecule has 0 aromatic carbocycles. The number of nitrogens with one attached hydrogen (secondary N) is 1. The van der Waals surface area contributed by atoms with Gasteiger partial charge in [0.1, 0.15) is 6.29 Å². The highest BCUT2D eigenvalue weighted by Gasteiger charge is 2.07. The van der Waals surface area contributed by atoms with Crippen LogP contribution in [-0.4, -0.2) is 19.4 Å². The normalized spacial score (nSPS) is 13.6. The van der Waals surface area contributed by atoms with Crippen molar-refractivity contribution in [1.29, 1.82) is 0 Å². The summed E-state index contributed by atoms with van der Waals surface area (Å²) >= 11 is 0. The van der Waals surface area contributed by atoms with Gasteiger partial charge in [-0.15, -0.1) is 0 Å². The molecule has 60 valence electrons. The molecule has 0 saturated carbocycles. The van der Waals surface area contributed by atoms with Gasteiger partial charge in [-0.3, -0.25) is 0 Å². The van der Waals surface area contributed by atoms with Gasteiger partial charge in [-0.25, -0.2) is 0 Å². The molecule has 0 aromatic rings. The lowest BCUT2D eigenvalue weighted by molar-refractivity contribution is -0.113. The van der Waals surface area contributed by atoms with E-state index in [1.807, 2.05) is 0 Å². The molecule has 10 heavy (non-hydrogen) atoms. The van der Waals surface area contributed by atoms with Crippen LogP contribution in [0.4, 0.5) is 0 Å². The fourth-order valence-electron chi connectivity index (χ4n) is 0.791. The van der Waals surface area contributed by atoms with Crippen LogP contribution in [0.5, 0.6) is 0 Å². The largest absolute Gasteiger partial charge is 0.304 e. The summed E-state index contributed by atoms with van der Waals surface area (Å²) in [5.41, 5.74) is 2.60. The lowest BCUT2D eigenvalue weighted by Gasteiger charge is -2.11. The van der Waals surface area contributed by atoms with Crippen molar-refractivity contribution in [2.75, 3.05) is 7.11 Å². The maximum Gasteiger partial charge on any atom is 0.139 e. The second-order valence-corrected chi connectivity index (χ2v) is 2.69. The summed E-state index contributed by atoms with van der Waals surface area (Å²) in [6.07, 6.45) is 1.68. The average Bonchev–Trinajstić information content (AvgIpc) is 1.86. The molecule has 0 radical (unpaired) electrons. The van der Waals surface area contributed by atoms with Gasteiger partial charge in [0.2, 0.25) is 0 Å². The fourth-order valence-corrected chi connectivity index (χ4v) is 0.791. The minimum atomic E-state index is -0.162. The molecule has 0 heterocycles. The monoisotopic (exact) mass is 145 g/mol. The summed E-state index contributed by atoms with van der Waals surface area (Å²) < 4.78 is 0. The lowest BCUT2D eigenvalue weighted by atomic mass is 10.1. The van der Waals surface area contributed by atoms with E-state index in [0.29, 0.717) is 5.92 Å². The van der Waals surface area contributed by atoms with E-state index >= 15 is 0 Å². The third-order valence-electron chi connectivity index (χ3n) is 1.16. The molecule has 0 rings (SSSR count). The molecule has 0 fully saturated rings. The predicted molar refractivity (Wildman–Crippen MR) is 39.5 cm³/mol. The number of hydroxylamine groups is 1. The number of aldehydes is 1. The number of hydrogen-bond acceptors (Lipinski definition) is 3. The van der Waals surface area contributed by atoms with E-state index in [1.165, 1.54) is 7.11 Å². The molecule has 0 aliphatic heterocycles. The minimum absolute atomic E-state index is 0.162. The first kappa shape index (κ1) is 9.59. The Kier molecular flexibility index (Phi) is 5.16. The van der Waals surface area contributed by atoms with Crippen molar-refractivity contribution >= 4 is 6.29 Å². The Hall–Kier alpha value is -0.410. The minimum Gasteiger partial charge on any atom is -0.304 e. The third-order valence-corrected chi connectivity index (χ3v) is 1.16. The molecule has 0 amide bonds. The van der Waals surface area contributed by atoms with Gasteiger partial charge in [0.25, 0.3) is 0 Å². The number of hydrogen-bond donors (Lipinski definition) is 1. The second kappa shape index (κ2) is 5.38. The van der Waals surface area contributed by atoms with Crippen LogP contribution in [-0.2, 0) is 9.63 Å². The van der Waals surface area contributed by atoms with Gasteiger partial charge in [-0.1, -0.05) is 13.8 Å². The van der Waals surface area contributed by atoms with Gasteiger partial charge in [0, 0.05) is 0 Å². The van der Waals surface area contributed by atoms with E-state index in [4.69, 9.17) is 0 Å². The van der Waals surface area contributed by atoms with E-state index in [0.717, 1.165) is 12.7 Å². The van der Waals surface area contributed by atoms with Crippen molar-refractivity contribution in [1.82, 2.24) is 5.48 Å². The van der Waals surface area contributed by atoms with Crippen molar-refractivity contribution in [3.63, 3.8) is 0 Å². The van der Waals surface area contributed by atoms with E-state index in [9.17, 15) is 4.79 Å². The van der Waals surface area contributed by atoms with Gasteiger partial charge >= 0.3 is 0 Å². The topological polar surface area (TPSA) is 38.3 Å². The third kappa shape index (κ3) is 4.47. The lowest BCUT2D eigenvalue weighted by Crippen LogP contribution is -2.30. The van der Waals surface area contributed by atoms with Crippen LogP contribution >= 0.6 is 0 Å². The molecule has 0 aliphatic carbocycles. The van der Waals surface area contributed by atoms with Crippen molar-refractivity contribution in [3.05, 3.63) is 0 Å². The smallest absolute Gasteiger partial charge is 0.139 e. The fraction of sp³-hybridized carbons (Fsp3) is 0.857. The predicted octanol–water partition coefficient (Wildman–Crippen LogP) is 0.751. The average molecular weight is 145 g/mol. The van der Waals surface area contributed by atoms with E-state index in [2.05, 4.69) is 24.2 Å². The number of rotatable bonds is 5. The second-order valence-electron chi connectivity index (χ2n) is 2.69. The van der Waals surface area contributed by atoms with Crippen LogP contribution in [0.3, 0.4) is 0 Å². The van der Waals surface area contributed by atoms with Gasteiger partial charge in [-0.05, 0) is 12.3 Å². The highest BCUT2D eigenvalue weighted by molar-refractivity contribution is 5.57. The summed E-state index contributed by atoms with van der Waals surface area (Å²) in [4.78, 5) is 14.9. The standard InChI is InChI=1S/C7H15NO2/c1-6(2)4-7(5-9)8-10-3/h5-8H,4H2,1-3H3/t7-/m0/s1. The Morgan fingerprint density at radius 1 is 1.60 bits per heavy atom. The molecule has 0 saturated heterocycles. The zero-order valence-corrected chi connectivity index (χ0v) is 6.76. The molecule has 0 unspecified atom stereocenters. The molecular formula is C7H15NO2. The van der Waals surface area contributed by atoms with Gasteiger partial charge in [-0.2, -0.15) is 5.48 Å². The van der Waals surface area contributed by atoms with Crippen molar-refractivity contribution in [3.8, 4) is 0 Å². The maximum atomic E-state index is 10.3. The molecule has 1 atom stereocenters. The Morgan fingerprint density at radius 3 is 2.50 bits per heavy atom. The molecular weight excluding hydrogens is 130 g/mol. The summed E-state index contributed by atoms with van der Waals surface area (Å²) in [6, 6.07) is -0.162. The molecule has 0 aromatic heterocycles. The van der Waals surface area contributed by atoms with Gasteiger partial charge in [0.05, 0.1) is 13.2 Å². The van der Waals surface area contributed by atoms with Crippen LogP contribution in [0.15, 0.2) is 0 Å². The van der Waals surface area contributed by atoms with Crippen LogP contribution in [0.1, 0.15) is 20.3 Å². The van der Waals surface area contributed by atoms with Crippen LogP contribution in [0, 0.1) is 5.92 Å². The van der Waals surface area contributed by atoms with Crippen molar-refractivity contribution in [2.24, 2.45) is 5.92 Å². The maximum absolute atomic E-state index is 10.3. The molecule has 0 bridgehead atoms. The summed E-state index contributed by atoms with van der Waals surface area (Å²) in [6.45, 7) is 4.13. The van der Waals surface area contributed by atoms with Gasteiger partial charge in [0.15, 0.2) is 0 Å². The quantitative estimate of drug-likeness (QED) is 0.458. The zero-order chi connectivity index (χ0) is 7.98. The summed E-state index contributed by atoms with van der Waals surface area (Å²) in [5, 5.41) is 0. The molecule has 0 aliphatic rings. The van der Waals surface area contributed by atoms with E-state index in [-0.39, 0.29) is 6.04 Å². The van der Waals surface area contributed by atoms with Crippen LogP contribution in [0.25, 0.3) is 0 Å². The van der Waals surface area contributed by atoms with Gasteiger partial charge < -0.3 is 9.63 Å². The molecule has 1 N–H and O–H groups in total. The van der Waals surface area contributed by atoms with Crippen molar-refractivity contribution in [2.45, 2.75) is 26.3 Å². The number of carbonyl (C=O) groups is 1. The summed E-state index contributed by atoms with van der Waals surface area (Å²) in [7, 11) is 1.51. The zero-order valence-electron chi connectivity index (χ0n) is 6.76. The SMILES string of the molecule is CON[C@H](C=O)CC(C)C. The Labute approximate surface area is 61.7 Å². The van der Waals surface area contributed by atoms with Crippen molar-refractivity contribution < 1.29 is 9.63 Å². The molecule has 3 heteroatoms. The highest BCUT2D eigenvalue weighted by Crippen LogP contribution is 2.01. The molecule has 0 spiro atoms. The first-order valence-electron chi connectivity index (χ1n) is 3.44. The first-order valence-corrected chi connectivity index (χ1v) is 3.44. The number of carbonyl (C=O) groups excluding carboxylic acids is 1. The first-order chi connectivity index (χ1) is 4.70.